The fourth-order valence-corrected chi connectivity index (χ4v) is 1.37. The molecule has 2 unspecified atom stereocenters. The number of hydrogen-bond donors (Lipinski definition) is 1. The molecule has 2 atom stereocenters. The van der Waals surface area contributed by atoms with E-state index in [4.69, 9.17) is 10.8 Å². The molecule has 1 N–H and O–H groups in total. The lowest BCUT2D eigenvalue weighted by Gasteiger charge is -2.15. The zero-order chi connectivity index (χ0) is 10.4. The topological polar surface area (TPSA) is 25.2 Å². The first kappa shape index (κ1) is 10.9. The summed E-state index contributed by atoms with van der Waals surface area (Å²) >= 11 is 0. The van der Waals surface area contributed by atoms with E-state index in [9.17, 15) is 0 Å². The summed E-state index contributed by atoms with van der Waals surface area (Å²) in [6.07, 6.45) is 8.98. The number of rotatable bonds is 5. The van der Waals surface area contributed by atoms with Gasteiger partial charge in [-0.3, -0.25) is 0 Å². The van der Waals surface area contributed by atoms with Crippen molar-refractivity contribution in [2.75, 3.05) is 0 Å². The van der Waals surface area contributed by atoms with Gasteiger partial charge in [-0.25, -0.2) is 0 Å². The fraction of sp³-hybridized carbons (Fsp3) is 0.500. The number of terminal acetylenes is 1. The standard InChI is InChI=1S/C12H17NO/c1-4-10(2)13-11(3)7-8-12-6-5-9-14-12/h1,5-6,9-11,13H,7-8H2,2-3H3. The van der Waals surface area contributed by atoms with Gasteiger partial charge in [-0.15, -0.1) is 6.42 Å². The molecule has 2 nitrogen and oxygen atoms in total. The van der Waals surface area contributed by atoms with Crippen molar-refractivity contribution in [2.45, 2.75) is 38.8 Å². The Balaban J connectivity index is 2.22. The van der Waals surface area contributed by atoms with Crippen LogP contribution in [0, 0.1) is 12.3 Å². The van der Waals surface area contributed by atoms with Gasteiger partial charge in [0.1, 0.15) is 5.76 Å². The average molecular weight is 191 g/mol. The first-order chi connectivity index (χ1) is 6.72. The van der Waals surface area contributed by atoms with Crippen LogP contribution < -0.4 is 5.32 Å². The van der Waals surface area contributed by atoms with Gasteiger partial charge in [0.15, 0.2) is 0 Å². The van der Waals surface area contributed by atoms with E-state index >= 15 is 0 Å². The average Bonchev–Trinajstić information content (AvgIpc) is 2.67. The van der Waals surface area contributed by atoms with E-state index in [0.29, 0.717) is 6.04 Å². The van der Waals surface area contributed by atoms with Gasteiger partial charge < -0.3 is 9.73 Å². The van der Waals surface area contributed by atoms with Crippen LogP contribution in [0.4, 0.5) is 0 Å². The molecule has 1 heterocycles. The molecule has 0 amide bonds. The van der Waals surface area contributed by atoms with Gasteiger partial charge in [0, 0.05) is 12.5 Å². The molecule has 1 aromatic heterocycles. The van der Waals surface area contributed by atoms with Crippen LogP contribution in [-0.2, 0) is 6.42 Å². The minimum Gasteiger partial charge on any atom is -0.469 e. The molecule has 76 valence electrons. The maximum Gasteiger partial charge on any atom is 0.103 e. The van der Waals surface area contributed by atoms with Crippen LogP contribution in [0.2, 0.25) is 0 Å². The summed E-state index contributed by atoms with van der Waals surface area (Å²) in [5.41, 5.74) is 0. The summed E-state index contributed by atoms with van der Waals surface area (Å²) in [6, 6.07) is 4.47. The molecule has 0 bridgehead atoms. The van der Waals surface area contributed by atoms with Crippen LogP contribution in [0.15, 0.2) is 22.8 Å². The van der Waals surface area contributed by atoms with Gasteiger partial charge in [0.05, 0.1) is 12.3 Å². The third kappa shape index (κ3) is 3.68. The summed E-state index contributed by atoms with van der Waals surface area (Å²) in [4.78, 5) is 0. The molecule has 0 aliphatic rings. The Kier molecular flexibility index (Phi) is 4.28. The van der Waals surface area contributed by atoms with Gasteiger partial charge in [0.25, 0.3) is 0 Å². The highest BCUT2D eigenvalue weighted by atomic mass is 16.3. The normalized spacial score (nSPS) is 14.6. The van der Waals surface area contributed by atoms with Crippen LogP contribution in [0.3, 0.4) is 0 Å². The Bertz CT molecular complexity index is 284. The zero-order valence-corrected chi connectivity index (χ0v) is 8.79. The Hall–Kier alpha value is -1.20. The van der Waals surface area contributed by atoms with Crippen molar-refractivity contribution >= 4 is 0 Å². The van der Waals surface area contributed by atoms with Crippen LogP contribution in [0.25, 0.3) is 0 Å². The second-order valence-corrected chi connectivity index (χ2v) is 3.57. The molecule has 1 rings (SSSR count). The third-order valence-electron chi connectivity index (χ3n) is 2.19. The minimum atomic E-state index is 0.140. The summed E-state index contributed by atoms with van der Waals surface area (Å²) in [6.45, 7) is 4.13. The predicted octanol–water partition coefficient (Wildman–Crippen LogP) is 2.21. The van der Waals surface area contributed by atoms with E-state index in [1.54, 1.807) is 6.26 Å². The molecule has 14 heavy (non-hydrogen) atoms. The first-order valence-electron chi connectivity index (χ1n) is 4.97. The molecule has 0 aromatic carbocycles. The second-order valence-electron chi connectivity index (χ2n) is 3.57. The van der Waals surface area contributed by atoms with Gasteiger partial charge >= 0.3 is 0 Å². The molecule has 2 heteroatoms. The summed E-state index contributed by atoms with van der Waals surface area (Å²) < 4.78 is 5.25. The molecular weight excluding hydrogens is 174 g/mol. The molecule has 0 spiro atoms. The Labute approximate surface area is 85.7 Å². The number of hydrogen-bond acceptors (Lipinski definition) is 2. The lowest BCUT2D eigenvalue weighted by Crippen LogP contribution is -2.33. The van der Waals surface area contributed by atoms with Crippen LogP contribution >= 0.6 is 0 Å². The quantitative estimate of drug-likeness (QED) is 0.722. The lowest BCUT2D eigenvalue weighted by molar-refractivity contribution is 0.452. The van der Waals surface area contributed by atoms with E-state index in [0.717, 1.165) is 18.6 Å². The van der Waals surface area contributed by atoms with E-state index in [1.807, 2.05) is 19.1 Å². The van der Waals surface area contributed by atoms with Gasteiger partial charge in [-0.2, -0.15) is 0 Å². The molecular formula is C12H17NO. The molecule has 0 fully saturated rings. The molecule has 0 aliphatic heterocycles. The number of nitrogens with one attached hydrogen (secondary N) is 1. The molecule has 1 aromatic rings. The molecule has 0 saturated carbocycles. The van der Waals surface area contributed by atoms with Gasteiger partial charge in [0.2, 0.25) is 0 Å². The monoisotopic (exact) mass is 191 g/mol. The van der Waals surface area contributed by atoms with Crippen LogP contribution in [0.1, 0.15) is 26.0 Å². The fourth-order valence-electron chi connectivity index (χ4n) is 1.37. The van der Waals surface area contributed by atoms with Crippen molar-refractivity contribution < 1.29 is 4.42 Å². The van der Waals surface area contributed by atoms with Gasteiger partial charge in [-0.1, -0.05) is 5.92 Å². The largest absolute Gasteiger partial charge is 0.469 e. The van der Waals surface area contributed by atoms with Crippen LogP contribution in [0.5, 0.6) is 0 Å². The number of furan rings is 1. The maximum atomic E-state index is 5.28. The smallest absolute Gasteiger partial charge is 0.103 e. The van der Waals surface area contributed by atoms with E-state index in [-0.39, 0.29) is 6.04 Å². The molecule has 0 saturated heterocycles. The van der Waals surface area contributed by atoms with E-state index in [2.05, 4.69) is 18.2 Å². The van der Waals surface area contributed by atoms with Crippen LogP contribution in [-0.4, -0.2) is 12.1 Å². The van der Waals surface area contributed by atoms with Crippen molar-refractivity contribution in [2.24, 2.45) is 0 Å². The van der Waals surface area contributed by atoms with Crippen molar-refractivity contribution in [3.63, 3.8) is 0 Å². The second kappa shape index (κ2) is 5.51. The summed E-state index contributed by atoms with van der Waals surface area (Å²) in [5, 5.41) is 3.31. The highest BCUT2D eigenvalue weighted by Crippen LogP contribution is 2.05. The predicted molar refractivity (Wildman–Crippen MR) is 57.9 cm³/mol. The molecule has 0 aliphatic carbocycles. The third-order valence-corrected chi connectivity index (χ3v) is 2.19. The van der Waals surface area contributed by atoms with Crippen molar-refractivity contribution in [3.8, 4) is 12.3 Å². The lowest BCUT2D eigenvalue weighted by atomic mass is 10.1. The first-order valence-corrected chi connectivity index (χ1v) is 4.97. The van der Waals surface area contributed by atoms with Crippen molar-refractivity contribution in [1.29, 1.82) is 0 Å². The summed E-state index contributed by atoms with van der Waals surface area (Å²) in [5.74, 6) is 3.69. The van der Waals surface area contributed by atoms with Gasteiger partial charge in [-0.05, 0) is 32.4 Å². The summed E-state index contributed by atoms with van der Waals surface area (Å²) in [7, 11) is 0. The number of aryl methyl sites for hydroxylation is 1. The Morgan fingerprint density at radius 2 is 2.36 bits per heavy atom. The van der Waals surface area contributed by atoms with E-state index < -0.39 is 0 Å². The molecule has 0 radical (unpaired) electrons. The van der Waals surface area contributed by atoms with Crippen molar-refractivity contribution in [3.05, 3.63) is 24.2 Å². The Morgan fingerprint density at radius 1 is 1.57 bits per heavy atom. The maximum absolute atomic E-state index is 5.28. The minimum absolute atomic E-state index is 0.140. The van der Waals surface area contributed by atoms with E-state index in [1.165, 1.54) is 0 Å². The van der Waals surface area contributed by atoms with Crippen molar-refractivity contribution in [1.82, 2.24) is 5.32 Å². The highest BCUT2D eigenvalue weighted by molar-refractivity contribution is 4.99. The zero-order valence-electron chi connectivity index (χ0n) is 8.79. The SMILES string of the molecule is C#CC(C)NC(C)CCc1ccco1. The Morgan fingerprint density at radius 3 is 2.93 bits per heavy atom. The highest BCUT2D eigenvalue weighted by Gasteiger charge is 2.05.